The highest BCUT2D eigenvalue weighted by Crippen LogP contribution is 2.32. The van der Waals surface area contributed by atoms with Crippen LogP contribution in [0.15, 0.2) is 24.3 Å². The number of nitrogens with zero attached hydrogens (tertiary/aromatic N) is 1. The molecule has 1 aliphatic carbocycles. The van der Waals surface area contributed by atoms with E-state index in [9.17, 15) is 14.0 Å². The van der Waals surface area contributed by atoms with Crippen LogP contribution in [0.5, 0.6) is 0 Å². The predicted octanol–water partition coefficient (Wildman–Crippen LogP) is 2.97. The number of urea groups is 1. The number of rotatable bonds is 5. The number of benzene rings is 1. The molecule has 0 aliphatic heterocycles. The van der Waals surface area contributed by atoms with Crippen LogP contribution in [0.3, 0.4) is 0 Å². The highest BCUT2D eigenvalue weighted by molar-refractivity contribution is 5.75. The molecule has 0 spiro atoms. The molecule has 1 saturated carbocycles. The molecule has 1 aromatic carbocycles. The Labute approximate surface area is 135 Å². The van der Waals surface area contributed by atoms with Gasteiger partial charge in [0.2, 0.25) is 0 Å². The van der Waals surface area contributed by atoms with Crippen molar-refractivity contribution in [3.63, 3.8) is 0 Å². The van der Waals surface area contributed by atoms with E-state index in [1.807, 2.05) is 12.1 Å². The predicted molar refractivity (Wildman–Crippen MR) is 84.8 cm³/mol. The molecule has 23 heavy (non-hydrogen) atoms. The van der Waals surface area contributed by atoms with Gasteiger partial charge in [-0.3, -0.25) is 4.79 Å². The van der Waals surface area contributed by atoms with Crippen molar-refractivity contribution in [3.8, 4) is 0 Å². The van der Waals surface area contributed by atoms with Crippen LogP contribution in [0.25, 0.3) is 0 Å². The number of halogens is 1. The Hall–Kier alpha value is -2.11. The molecule has 2 amide bonds. The van der Waals surface area contributed by atoms with Crippen molar-refractivity contribution in [2.75, 3.05) is 13.6 Å². The van der Waals surface area contributed by atoms with Crippen molar-refractivity contribution in [2.45, 2.75) is 44.1 Å². The zero-order valence-corrected chi connectivity index (χ0v) is 13.3. The highest BCUT2D eigenvalue weighted by Gasteiger charge is 2.24. The summed E-state index contributed by atoms with van der Waals surface area (Å²) in [5.41, 5.74) is 1.15. The molecular weight excluding hydrogens is 299 g/mol. The average molecular weight is 322 g/mol. The molecule has 6 heteroatoms. The Morgan fingerprint density at radius 3 is 2.39 bits per heavy atom. The van der Waals surface area contributed by atoms with Gasteiger partial charge in [-0.05, 0) is 49.3 Å². The maximum absolute atomic E-state index is 13.0. The molecule has 0 bridgehead atoms. The quantitative estimate of drug-likeness (QED) is 0.875. The first-order valence-corrected chi connectivity index (χ1v) is 7.94. The third-order valence-electron chi connectivity index (χ3n) is 4.40. The molecule has 0 heterocycles. The highest BCUT2D eigenvalue weighted by atomic mass is 19.1. The maximum atomic E-state index is 13.0. The van der Waals surface area contributed by atoms with Gasteiger partial charge in [-0.2, -0.15) is 0 Å². The second-order valence-corrected chi connectivity index (χ2v) is 6.11. The van der Waals surface area contributed by atoms with Gasteiger partial charge in [0.1, 0.15) is 5.82 Å². The number of carbonyl (C=O) groups is 2. The van der Waals surface area contributed by atoms with E-state index in [4.69, 9.17) is 5.11 Å². The standard InChI is InChI=1S/C17H23FN2O3/c1-20(11-10-16(21)22)17(23)19-15-8-4-13(5-9-15)12-2-6-14(18)7-3-12/h2-3,6-7,13,15H,4-5,8-11H2,1H3,(H,19,23)(H,21,22). The number of carboxylic acid groups (broad SMARTS) is 1. The molecule has 0 atom stereocenters. The minimum absolute atomic E-state index is 0.0543. The van der Waals surface area contributed by atoms with Crippen LogP contribution in [0.4, 0.5) is 9.18 Å². The van der Waals surface area contributed by atoms with E-state index in [-0.39, 0.29) is 30.9 Å². The van der Waals surface area contributed by atoms with E-state index < -0.39 is 5.97 Å². The summed E-state index contributed by atoms with van der Waals surface area (Å²) >= 11 is 0. The second-order valence-electron chi connectivity index (χ2n) is 6.11. The van der Waals surface area contributed by atoms with Crippen LogP contribution in [0, 0.1) is 5.82 Å². The zero-order chi connectivity index (χ0) is 16.8. The van der Waals surface area contributed by atoms with Crippen LogP contribution in [0.2, 0.25) is 0 Å². The Morgan fingerprint density at radius 2 is 1.83 bits per heavy atom. The lowest BCUT2D eigenvalue weighted by Crippen LogP contribution is -2.44. The first-order chi connectivity index (χ1) is 11.0. The van der Waals surface area contributed by atoms with Crippen LogP contribution in [-0.2, 0) is 4.79 Å². The molecule has 2 N–H and O–H groups in total. The monoisotopic (exact) mass is 322 g/mol. The van der Waals surface area contributed by atoms with Crippen molar-refractivity contribution in [1.82, 2.24) is 10.2 Å². The summed E-state index contributed by atoms with van der Waals surface area (Å²) in [7, 11) is 1.60. The van der Waals surface area contributed by atoms with Crippen molar-refractivity contribution in [3.05, 3.63) is 35.6 Å². The molecule has 0 radical (unpaired) electrons. The van der Waals surface area contributed by atoms with Gasteiger partial charge in [-0.15, -0.1) is 0 Å². The summed E-state index contributed by atoms with van der Waals surface area (Å²) in [5.74, 6) is -0.725. The van der Waals surface area contributed by atoms with Crippen molar-refractivity contribution in [1.29, 1.82) is 0 Å². The normalized spacial score (nSPS) is 20.8. The van der Waals surface area contributed by atoms with Gasteiger partial charge in [0.25, 0.3) is 0 Å². The molecule has 5 nitrogen and oxygen atoms in total. The number of aliphatic carboxylic acids is 1. The molecule has 1 aromatic rings. The third kappa shape index (κ3) is 5.23. The molecule has 0 aromatic heterocycles. The lowest BCUT2D eigenvalue weighted by atomic mass is 9.82. The summed E-state index contributed by atoms with van der Waals surface area (Å²) in [6.07, 6.45) is 3.60. The van der Waals surface area contributed by atoms with E-state index in [2.05, 4.69) is 5.32 Å². The van der Waals surface area contributed by atoms with Gasteiger partial charge < -0.3 is 15.3 Å². The fraction of sp³-hybridized carbons (Fsp3) is 0.529. The van der Waals surface area contributed by atoms with Crippen LogP contribution in [0.1, 0.15) is 43.6 Å². The lowest BCUT2D eigenvalue weighted by Gasteiger charge is -2.30. The van der Waals surface area contributed by atoms with Crippen LogP contribution in [-0.4, -0.2) is 41.6 Å². The Kier molecular flexibility index (Phi) is 5.96. The lowest BCUT2D eigenvalue weighted by molar-refractivity contribution is -0.137. The molecule has 2 rings (SSSR count). The van der Waals surface area contributed by atoms with Gasteiger partial charge in [0.15, 0.2) is 0 Å². The Balaban J connectivity index is 1.77. The fourth-order valence-electron chi connectivity index (χ4n) is 2.96. The van der Waals surface area contributed by atoms with Crippen molar-refractivity contribution < 1.29 is 19.1 Å². The first kappa shape index (κ1) is 17.2. The molecule has 126 valence electrons. The first-order valence-electron chi connectivity index (χ1n) is 7.94. The molecule has 1 aliphatic rings. The summed E-state index contributed by atoms with van der Waals surface area (Å²) < 4.78 is 13.0. The average Bonchev–Trinajstić information content (AvgIpc) is 2.54. The molecule has 0 unspecified atom stereocenters. The van der Waals surface area contributed by atoms with Gasteiger partial charge >= 0.3 is 12.0 Å². The smallest absolute Gasteiger partial charge is 0.317 e. The number of carbonyl (C=O) groups excluding carboxylic acids is 1. The zero-order valence-electron chi connectivity index (χ0n) is 13.3. The largest absolute Gasteiger partial charge is 0.481 e. The van der Waals surface area contributed by atoms with E-state index >= 15 is 0 Å². The Bertz CT molecular complexity index is 539. The minimum atomic E-state index is -0.913. The fourth-order valence-corrected chi connectivity index (χ4v) is 2.96. The van der Waals surface area contributed by atoms with E-state index in [0.29, 0.717) is 5.92 Å². The Morgan fingerprint density at radius 1 is 1.22 bits per heavy atom. The summed E-state index contributed by atoms with van der Waals surface area (Å²) in [6, 6.07) is 6.53. The van der Waals surface area contributed by atoms with E-state index in [1.54, 1.807) is 7.05 Å². The second kappa shape index (κ2) is 7.94. The van der Waals surface area contributed by atoms with Crippen LogP contribution < -0.4 is 5.32 Å². The van der Waals surface area contributed by atoms with Crippen molar-refractivity contribution in [2.24, 2.45) is 0 Å². The SMILES string of the molecule is CN(CCC(=O)O)C(=O)NC1CCC(c2ccc(F)cc2)CC1. The number of carboxylic acids is 1. The third-order valence-corrected chi connectivity index (χ3v) is 4.40. The van der Waals surface area contributed by atoms with Gasteiger partial charge in [0, 0.05) is 19.6 Å². The van der Waals surface area contributed by atoms with E-state index in [1.165, 1.54) is 17.0 Å². The molecular formula is C17H23FN2O3. The molecule has 0 saturated heterocycles. The summed E-state index contributed by atoms with van der Waals surface area (Å²) in [5, 5.41) is 11.6. The number of hydrogen-bond acceptors (Lipinski definition) is 2. The van der Waals surface area contributed by atoms with Gasteiger partial charge in [-0.1, -0.05) is 12.1 Å². The number of hydrogen-bond donors (Lipinski definition) is 2. The van der Waals surface area contributed by atoms with Crippen molar-refractivity contribution >= 4 is 12.0 Å². The summed E-state index contributed by atoms with van der Waals surface area (Å²) in [4.78, 5) is 23.9. The summed E-state index contributed by atoms with van der Waals surface area (Å²) in [6.45, 7) is 0.200. The minimum Gasteiger partial charge on any atom is -0.481 e. The van der Waals surface area contributed by atoms with E-state index in [0.717, 1.165) is 31.2 Å². The number of nitrogens with one attached hydrogen (secondary N) is 1. The topological polar surface area (TPSA) is 69.6 Å². The van der Waals surface area contributed by atoms with Gasteiger partial charge in [0.05, 0.1) is 6.42 Å². The molecule has 1 fully saturated rings. The van der Waals surface area contributed by atoms with Crippen LogP contribution >= 0.6 is 0 Å². The van der Waals surface area contributed by atoms with Gasteiger partial charge in [-0.25, -0.2) is 9.18 Å². The number of amides is 2. The maximum Gasteiger partial charge on any atom is 0.317 e.